The molecule has 1 fully saturated rings. The topological polar surface area (TPSA) is 51.5 Å². The molecule has 1 aliphatic rings. The third-order valence-corrected chi connectivity index (χ3v) is 4.85. The van der Waals surface area contributed by atoms with Crippen LogP contribution in [-0.4, -0.2) is 19.1 Å². The number of aryl methyl sites for hydroxylation is 1. The summed E-state index contributed by atoms with van der Waals surface area (Å²) in [5, 5.41) is 3.19. The lowest BCUT2D eigenvalue weighted by atomic mass is 10.1. The molecule has 0 spiro atoms. The van der Waals surface area contributed by atoms with E-state index in [9.17, 15) is 4.79 Å². The van der Waals surface area contributed by atoms with Crippen LogP contribution >= 0.6 is 0 Å². The maximum atomic E-state index is 12.2. The quantitative estimate of drug-likeness (QED) is 0.773. The predicted octanol–water partition coefficient (Wildman–Crippen LogP) is 4.73. The fourth-order valence-electron chi connectivity index (χ4n) is 3.38. The number of hydrogen-bond acceptors (Lipinski definition) is 3. The Hall–Kier alpha value is -2.23. The van der Waals surface area contributed by atoms with E-state index in [0.717, 1.165) is 35.7 Å². The van der Waals surface area contributed by atoms with Gasteiger partial charge in [-0.3, -0.25) is 4.79 Å². The Morgan fingerprint density at radius 3 is 2.48 bits per heavy atom. The number of carbonyl (C=O) groups is 1. The molecule has 1 N–H and O–H groups in total. The second-order valence-corrected chi connectivity index (χ2v) is 6.75. The number of hydrogen-bond donors (Lipinski definition) is 1. The normalized spacial score (nSPS) is 15.6. The van der Waals surface area contributed by atoms with Crippen molar-refractivity contribution in [1.29, 1.82) is 0 Å². The Bertz CT molecular complexity index is 667. The molecular weight excluding hydrogens is 314 g/mol. The van der Waals surface area contributed by atoms with Crippen LogP contribution < -0.4 is 10.1 Å². The van der Waals surface area contributed by atoms with Gasteiger partial charge in [0.1, 0.15) is 17.3 Å². The fraction of sp³-hybridized carbons (Fsp3) is 0.476. The Morgan fingerprint density at radius 2 is 1.80 bits per heavy atom. The molecule has 2 aromatic rings. The predicted molar refractivity (Wildman–Crippen MR) is 98.6 cm³/mol. The molecule has 1 aromatic carbocycles. The van der Waals surface area contributed by atoms with Crippen molar-refractivity contribution in [1.82, 2.24) is 5.32 Å². The summed E-state index contributed by atoms with van der Waals surface area (Å²) >= 11 is 0. The van der Waals surface area contributed by atoms with E-state index >= 15 is 0 Å². The monoisotopic (exact) mass is 341 g/mol. The van der Waals surface area contributed by atoms with Gasteiger partial charge in [-0.05, 0) is 49.2 Å². The van der Waals surface area contributed by atoms with Crippen molar-refractivity contribution >= 4 is 5.91 Å². The molecule has 0 unspecified atom stereocenters. The van der Waals surface area contributed by atoms with E-state index < -0.39 is 0 Å². The fourth-order valence-corrected chi connectivity index (χ4v) is 3.38. The highest BCUT2D eigenvalue weighted by atomic mass is 16.5. The van der Waals surface area contributed by atoms with Gasteiger partial charge in [0.15, 0.2) is 0 Å². The van der Waals surface area contributed by atoms with Crippen molar-refractivity contribution in [3.63, 3.8) is 0 Å². The Labute approximate surface area is 149 Å². The summed E-state index contributed by atoms with van der Waals surface area (Å²) in [6, 6.07) is 12.1. The van der Waals surface area contributed by atoms with Gasteiger partial charge in [0.2, 0.25) is 5.91 Å². The number of furan rings is 1. The van der Waals surface area contributed by atoms with Crippen molar-refractivity contribution in [3.05, 3.63) is 42.2 Å². The molecule has 1 saturated carbocycles. The molecule has 4 heteroatoms. The number of carbonyl (C=O) groups excluding carboxylic acids is 1. The highest BCUT2D eigenvalue weighted by molar-refractivity contribution is 5.76. The van der Waals surface area contributed by atoms with Crippen LogP contribution in [0, 0.1) is 0 Å². The molecule has 4 nitrogen and oxygen atoms in total. The molecule has 0 atom stereocenters. The minimum absolute atomic E-state index is 0.134. The van der Waals surface area contributed by atoms with Gasteiger partial charge < -0.3 is 14.5 Å². The first kappa shape index (κ1) is 17.6. The number of nitrogens with one attached hydrogen (secondary N) is 1. The van der Waals surface area contributed by atoms with E-state index in [-0.39, 0.29) is 5.91 Å². The highest BCUT2D eigenvalue weighted by Gasteiger charge is 2.15. The average molecular weight is 341 g/mol. The molecule has 1 aliphatic carbocycles. The summed E-state index contributed by atoms with van der Waals surface area (Å²) in [4.78, 5) is 12.2. The summed E-state index contributed by atoms with van der Waals surface area (Å²) in [5.41, 5.74) is 1.01. The third-order valence-electron chi connectivity index (χ3n) is 4.85. The lowest BCUT2D eigenvalue weighted by Crippen LogP contribution is -2.34. The van der Waals surface area contributed by atoms with E-state index in [4.69, 9.17) is 9.15 Å². The molecule has 0 radical (unpaired) electrons. The van der Waals surface area contributed by atoms with Crippen LogP contribution in [0.3, 0.4) is 0 Å². The summed E-state index contributed by atoms with van der Waals surface area (Å²) in [7, 11) is 1.65. The van der Waals surface area contributed by atoms with Gasteiger partial charge in [-0.25, -0.2) is 0 Å². The Morgan fingerprint density at radius 1 is 1.08 bits per heavy atom. The first-order chi connectivity index (χ1) is 12.2. The maximum Gasteiger partial charge on any atom is 0.220 e. The molecular formula is C21H27NO3. The number of benzene rings is 1. The first-order valence-electron chi connectivity index (χ1n) is 9.27. The zero-order valence-electron chi connectivity index (χ0n) is 14.9. The van der Waals surface area contributed by atoms with Crippen molar-refractivity contribution in [2.45, 2.75) is 57.4 Å². The van der Waals surface area contributed by atoms with E-state index in [0.29, 0.717) is 18.9 Å². The van der Waals surface area contributed by atoms with Crippen LogP contribution in [0.5, 0.6) is 5.75 Å². The lowest BCUT2D eigenvalue weighted by molar-refractivity contribution is -0.121. The smallest absolute Gasteiger partial charge is 0.220 e. The second kappa shape index (κ2) is 8.75. The van der Waals surface area contributed by atoms with Crippen LogP contribution in [0.15, 0.2) is 40.8 Å². The standard InChI is InChI=1S/C21H27NO3/c1-24-18-10-8-16(9-11-18)20-14-12-19(25-20)13-15-21(23)22-17-6-4-2-3-5-7-17/h8-12,14,17H,2-7,13,15H2,1H3,(H,22,23). The highest BCUT2D eigenvalue weighted by Crippen LogP contribution is 2.25. The van der Waals surface area contributed by atoms with Crippen molar-refractivity contribution in [3.8, 4) is 17.1 Å². The van der Waals surface area contributed by atoms with E-state index in [1.54, 1.807) is 7.11 Å². The van der Waals surface area contributed by atoms with Gasteiger partial charge in [0.05, 0.1) is 7.11 Å². The zero-order chi connectivity index (χ0) is 17.5. The average Bonchev–Trinajstić information content (AvgIpc) is 2.97. The van der Waals surface area contributed by atoms with Crippen LogP contribution in [0.1, 0.15) is 50.7 Å². The number of methoxy groups -OCH3 is 1. The molecule has 134 valence electrons. The van der Waals surface area contributed by atoms with Gasteiger partial charge in [-0.1, -0.05) is 25.7 Å². The third kappa shape index (κ3) is 5.12. The molecule has 1 heterocycles. The first-order valence-corrected chi connectivity index (χ1v) is 9.27. The van der Waals surface area contributed by atoms with Crippen LogP contribution in [0.4, 0.5) is 0 Å². The summed E-state index contributed by atoms with van der Waals surface area (Å²) in [6.45, 7) is 0. The zero-order valence-corrected chi connectivity index (χ0v) is 14.9. The number of amides is 1. The van der Waals surface area contributed by atoms with Gasteiger partial charge in [-0.2, -0.15) is 0 Å². The molecule has 1 amide bonds. The minimum atomic E-state index is 0.134. The van der Waals surface area contributed by atoms with Crippen molar-refractivity contribution in [2.24, 2.45) is 0 Å². The Balaban J connectivity index is 1.49. The largest absolute Gasteiger partial charge is 0.497 e. The van der Waals surface area contributed by atoms with Crippen molar-refractivity contribution < 1.29 is 13.9 Å². The van der Waals surface area contributed by atoms with Crippen molar-refractivity contribution in [2.75, 3.05) is 7.11 Å². The van der Waals surface area contributed by atoms with E-state index in [2.05, 4.69) is 5.32 Å². The van der Waals surface area contributed by atoms with Crippen LogP contribution in [0.2, 0.25) is 0 Å². The SMILES string of the molecule is COc1ccc(-c2ccc(CCC(=O)NC3CCCCCC3)o2)cc1. The lowest BCUT2D eigenvalue weighted by Gasteiger charge is -2.15. The number of rotatable bonds is 6. The van der Waals surface area contributed by atoms with Crippen LogP contribution in [0.25, 0.3) is 11.3 Å². The molecule has 0 saturated heterocycles. The minimum Gasteiger partial charge on any atom is -0.497 e. The molecule has 1 aromatic heterocycles. The van der Waals surface area contributed by atoms with E-state index in [1.165, 1.54) is 25.7 Å². The number of ether oxygens (including phenoxy) is 1. The van der Waals surface area contributed by atoms with Gasteiger partial charge in [-0.15, -0.1) is 0 Å². The van der Waals surface area contributed by atoms with Gasteiger partial charge >= 0.3 is 0 Å². The molecule has 25 heavy (non-hydrogen) atoms. The van der Waals surface area contributed by atoms with Gasteiger partial charge in [0, 0.05) is 24.4 Å². The summed E-state index contributed by atoms with van der Waals surface area (Å²) in [5.74, 6) is 2.63. The van der Waals surface area contributed by atoms with Crippen LogP contribution in [-0.2, 0) is 11.2 Å². The molecule has 0 bridgehead atoms. The molecule has 3 rings (SSSR count). The summed E-state index contributed by atoms with van der Waals surface area (Å²) in [6.07, 6.45) is 8.41. The van der Waals surface area contributed by atoms with E-state index in [1.807, 2.05) is 36.4 Å². The van der Waals surface area contributed by atoms with Gasteiger partial charge in [0.25, 0.3) is 0 Å². The second-order valence-electron chi connectivity index (χ2n) is 6.75. The maximum absolute atomic E-state index is 12.2. The molecule has 0 aliphatic heterocycles. The summed E-state index contributed by atoms with van der Waals surface area (Å²) < 4.78 is 11.1. The Kier molecular flexibility index (Phi) is 6.15.